The van der Waals surface area contributed by atoms with E-state index in [-0.39, 0.29) is 11.5 Å². The Bertz CT molecular complexity index is 490. The van der Waals surface area contributed by atoms with Gasteiger partial charge in [-0.2, -0.15) is 0 Å². The summed E-state index contributed by atoms with van der Waals surface area (Å²) < 4.78 is 14.1. The van der Waals surface area contributed by atoms with Crippen LogP contribution in [0.3, 0.4) is 0 Å². The van der Waals surface area contributed by atoms with E-state index < -0.39 is 5.82 Å². The Balaban J connectivity index is 2.16. The highest BCUT2D eigenvalue weighted by Gasteiger charge is 2.21. The first-order valence-electron chi connectivity index (χ1n) is 6.93. The van der Waals surface area contributed by atoms with Gasteiger partial charge < -0.3 is 14.7 Å². The Morgan fingerprint density at radius 3 is 2.60 bits per heavy atom. The zero-order valence-corrected chi connectivity index (χ0v) is 12.4. The van der Waals surface area contributed by atoms with Gasteiger partial charge in [-0.3, -0.25) is 4.79 Å². The summed E-state index contributed by atoms with van der Waals surface area (Å²) in [5, 5.41) is 0. The number of anilines is 1. The summed E-state index contributed by atoms with van der Waals surface area (Å²) in [6.07, 6.45) is 0.930. The van der Waals surface area contributed by atoms with Crippen molar-refractivity contribution in [2.45, 2.75) is 6.42 Å². The molecule has 110 valence electrons. The Hall–Kier alpha value is -1.62. The lowest BCUT2D eigenvalue weighted by Gasteiger charge is -2.21. The van der Waals surface area contributed by atoms with Crippen molar-refractivity contribution in [3.8, 4) is 0 Å². The van der Waals surface area contributed by atoms with Gasteiger partial charge in [0, 0.05) is 39.4 Å². The quantitative estimate of drug-likeness (QED) is 0.824. The topological polar surface area (TPSA) is 26.8 Å². The zero-order chi connectivity index (χ0) is 14.7. The molecule has 0 unspecified atom stereocenters. The standard InChI is InChI=1S/C15H22FN3O/c1-17(2)12-5-6-13(14(16)11-12)15(20)19-8-4-7-18(3)9-10-19/h5-6,11H,4,7-10H2,1-3H3. The largest absolute Gasteiger partial charge is 0.378 e. The number of benzene rings is 1. The highest BCUT2D eigenvalue weighted by Crippen LogP contribution is 2.18. The molecule has 1 saturated heterocycles. The maximum atomic E-state index is 14.1. The third-order valence-corrected chi connectivity index (χ3v) is 3.71. The molecule has 1 amide bonds. The average molecular weight is 279 g/mol. The minimum absolute atomic E-state index is 0.167. The summed E-state index contributed by atoms with van der Waals surface area (Å²) in [5.41, 5.74) is 0.926. The lowest BCUT2D eigenvalue weighted by Crippen LogP contribution is -2.35. The average Bonchev–Trinajstić information content (AvgIpc) is 2.62. The molecule has 1 fully saturated rings. The molecular weight excluding hydrogens is 257 g/mol. The molecule has 20 heavy (non-hydrogen) atoms. The zero-order valence-electron chi connectivity index (χ0n) is 12.4. The third kappa shape index (κ3) is 3.28. The van der Waals surface area contributed by atoms with Gasteiger partial charge in [0.25, 0.3) is 5.91 Å². The highest BCUT2D eigenvalue weighted by molar-refractivity contribution is 5.95. The Morgan fingerprint density at radius 1 is 1.20 bits per heavy atom. The van der Waals surface area contributed by atoms with Crippen LogP contribution >= 0.6 is 0 Å². The minimum atomic E-state index is -0.446. The molecule has 4 nitrogen and oxygen atoms in total. The number of carbonyl (C=O) groups is 1. The number of nitrogens with zero attached hydrogens (tertiary/aromatic N) is 3. The predicted octanol–water partition coefficient (Wildman–Crippen LogP) is 1.67. The van der Waals surface area contributed by atoms with Crippen molar-refractivity contribution in [1.82, 2.24) is 9.80 Å². The molecule has 2 rings (SSSR count). The van der Waals surface area contributed by atoms with Crippen molar-refractivity contribution in [2.75, 3.05) is 52.2 Å². The third-order valence-electron chi connectivity index (χ3n) is 3.71. The summed E-state index contributed by atoms with van der Waals surface area (Å²) in [6, 6.07) is 4.78. The van der Waals surface area contributed by atoms with Gasteiger partial charge in [-0.05, 0) is 38.2 Å². The number of carbonyl (C=O) groups excluding carboxylic acids is 1. The van der Waals surface area contributed by atoms with E-state index in [1.807, 2.05) is 26.0 Å². The van der Waals surface area contributed by atoms with Crippen molar-refractivity contribution in [3.05, 3.63) is 29.6 Å². The summed E-state index contributed by atoms with van der Waals surface area (Å²) in [6.45, 7) is 3.16. The number of hydrogen-bond acceptors (Lipinski definition) is 3. The fraction of sp³-hybridized carbons (Fsp3) is 0.533. The summed E-state index contributed by atoms with van der Waals surface area (Å²) >= 11 is 0. The van der Waals surface area contributed by atoms with Crippen LogP contribution in [-0.4, -0.2) is 63.0 Å². The van der Waals surface area contributed by atoms with Crippen LogP contribution in [-0.2, 0) is 0 Å². The molecule has 0 spiro atoms. The Labute approximate surface area is 119 Å². The van der Waals surface area contributed by atoms with E-state index in [1.54, 1.807) is 17.0 Å². The monoisotopic (exact) mass is 279 g/mol. The molecule has 1 aromatic carbocycles. The first-order chi connectivity index (χ1) is 9.49. The molecule has 0 radical (unpaired) electrons. The Morgan fingerprint density at radius 2 is 1.95 bits per heavy atom. The van der Waals surface area contributed by atoms with Gasteiger partial charge in [-0.1, -0.05) is 0 Å². The molecule has 5 heteroatoms. The van der Waals surface area contributed by atoms with Gasteiger partial charge in [-0.25, -0.2) is 4.39 Å². The first kappa shape index (κ1) is 14.8. The lowest BCUT2D eigenvalue weighted by molar-refractivity contribution is 0.0758. The number of likely N-dealkylation sites (N-methyl/N-ethyl adjacent to an activating group) is 1. The summed E-state index contributed by atoms with van der Waals surface area (Å²) in [7, 11) is 5.74. The van der Waals surface area contributed by atoms with E-state index in [2.05, 4.69) is 4.90 Å². The molecule has 0 aromatic heterocycles. The predicted molar refractivity (Wildman–Crippen MR) is 78.7 cm³/mol. The molecule has 1 aliphatic rings. The molecule has 0 bridgehead atoms. The second kappa shape index (κ2) is 6.22. The fourth-order valence-corrected chi connectivity index (χ4v) is 2.38. The smallest absolute Gasteiger partial charge is 0.256 e. The number of halogens is 1. The minimum Gasteiger partial charge on any atom is -0.378 e. The van der Waals surface area contributed by atoms with Crippen molar-refractivity contribution in [2.24, 2.45) is 0 Å². The van der Waals surface area contributed by atoms with E-state index in [4.69, 9.17) is 0 Å². The van der Waals surface area contributed by atoms with Crippen LogP contribution in [0.2, 0.25) is 0 Å². The van der Waals surface area contributed by atoms with Crippen molar-refractivity contribution in [1.29, 1.82) is 0 Å². The fourth-order valence-electron chi connectivity index (χ4n) is 2.38. The molecule has 0 saturated carbocycles. The summed E-state index contributed by atoms with van der Waals surface area (Å²) in [5.74, 6) is -0.651. The van der Waals surface area contributed by atoms with Crippen LogP contribution in [0.4, 0.5) is 10.1 Å². The highest BCUT2D eigenvalue weighted by atomic mass is 19.1. The SMILES string of the molecule is CN1CCCN(C(=O)c2ccc(N(C)C)cc2F)CC1. The van der Waals surface area contributed by atoms with Gasteiger partial charge >= 0.3 is 0 Å². The first-order valence-corrected chi connectivity index (χ1v) is 6.93. The van der Waals surface area contributed by atoms with E-state index >= 15 is 0 Å². The second-order valence-electron chi connectivity index (χ2n) is 5.51. The van der Waals surface area contributed by atoms with Crippen LogP contribution in [0.15, 0.2) is 18.2 Å². The van der Waals surface area contributed by atoms with Crippen molar-refractivity contribution in [3.63, 3.8) is 0 Å². The number of hydrogen-bond donors (Lipinski definition) is 0. The maximum Gasteiger partial charge on any atom is 0.256 e. The molecule has 0 atom stereocenters. The lowest BCUT2D eigenvalue weighted by atomic mass is 10.1. The van der Waals surface area contributed by atoms with Crippen LogP contribution in [0, 0.1) is 5.82 Å². The maximum absolute atomic E-state index is 14.1. The molecular formula is C15H22FN3O. The second-order valence-corrected chi connectivity index (χ2v) is 5.51. The van der Waals surface area contributed by atoms with Crippen LogP contribution in [0.25, 0.3) is 0 Å². The van der Waals surface area contributed by atoms with Crippen LogP contribution in [0.1, 0.15) is 16.8 Å². The van der Waals surface area contributed by atoms with Crippen molar-refractivity contribution >= 4 is 11.6 Å². The van der Waals surface area contributed by atoms with Gasteiger partial charge in [0.05, 0.1) is 5.56 Å². The van der Waals surface area contributed by atoms with E-state index in [9.17, 15) is 9.18 Å². The number of amides is 1. The van der Waals surface area contributed by atoms with Crippen molar-refractivity contribution < 1.29 is 9.18 Å². The molecule has 1 heterocycles. The van der Waals surface area contributed by atoms with Gasteiger partial charge in [0.2, 0.25) is 0 Å². The normalized spacial score (nSPS) is 16.9. The number of rotatable bonds is 2. The van der Waals surface area contributed by atoms with E-state index in [1.165, 1.54) is 6.07 Å². The van der Waals surface area contributed by atoms with Crippen LogP contribution < -0.4 is 4.90 Å². The molecule has 0 aliphatic carbocycles. The molecule has 0 N–H and O–H groups in total. The summed E-state index contributed by atoms with van der Waals surface area (Å²) in [4.78, 5) is 18.2. The van der Waals surface area contributed by atoms with Gasteiger partial charge in [-0.15, -0.1) is 0 Å². The Kier molecular flexibility index (Phi) is 4.60. The van der Waals surface area contributed by atoms with E-state index in [0.717, 1.165) is 25.2 Å². The molecule has 1 aliphatic heterocycles. The van der Waals surface area contributed by atoms with Gasteiger partial charge in [0.15, 0.2) is 0 Å². The van der Waals surface area contributed by atoms with Crippen LogP contribution in [0.5, 0.6) is 0 Å². The van der Waals surface area contributed by atoms with E-state index in [0.29, 0.717) is 13.1 Å². The van der Waals surface area contributed by atoms with Gasteiger partial charge in [0.1, 0.15) is 5.82 Å². The molecule has 1 aromatic rings.